The Morgan fingerprint density at radius 1 is 1.13 bits per heavy atom. The SMILES string of the molecule is CCOC(=O)COc1c(I)cc(C=NNC(=O)Nc2ccccc2C)cc1OCC. The highest BCUT2D eigenvalue weighted by Gasteiger charge is 2.14. The van der Waals surface area contributed by atoms with Crippen LogP contribution in [0.1, 0.15) is 25.0 Å². The van der Waals surface area contributed by atoms with E-state index in [4.69, 9.17) is 14.2 Å². The van der Waals surface area contributed by atoms with Crippen molar-refractivity contribution in [2.75, 3.05) is 25.1 Å². The first-order valence-electron chi connectivity index (χ1n) is 9.35. The number of nitrogens with one attached hydrogen (secondary N) is 2. The lowest BCUT2D eigenvalue weighted by Gasteiger charge is -2.14. The van der Waals surface area contributed by atoms with Crippen molar-refractivity contribution in [1.29, 1.82) is 0 Å². The summed E-state index contributed by atoms with van der Waals surface area (Å²) >= 11 is 2.08. The number of rotatable bonds is 9. The van der Waals surface area contributed by atoms with Crippen LogP contribution in [0, 0.1) is 10.5 Å². The molecule has 2 rings (SSSR count). The number of ether oxygens (including phenoxy) is 3. The number of aryl methyl sites for hydroxylation is 1. The number of nitrogens with zero attached hydrogens (tertiary/aromatic N) is 1. The number of carbonyl (C=O) groups excluding carboxylic acids is 2. The molecule has 2 aromatic carbocycles. The van der Waals surface area contributed by atoms with Gasteiger partial charge in [-0.05, 0) is 72.7 Å². The highest BCUT2D eigenvalue weighted by Crippen LogP contribution is 2.34. The molecule has 0 aliphatic rings. The first-order valence-corrected chi connectivity index (χ1v) is 10.4. The van der Waals surface area contributed by atoms with E-state index in [1.165, 1.54) is 6.21 Å². The lowest BCUT2D eigenvalue weighted by molar-refractivity contribution is -0.145. The number of amides is 2. The topological polar surface area (TPSA) is 98.3 Å². The molecule has 0 spiro atoms. The molecular formula is C21H24IN3O5. The van der Waals surface area contributed by atoms with Crippen molar-refractivity contribution in [1.82, 2.24) is 5.43 Å². The summed E-state index contributed by atoms with van der Waals surface area (Å²) in [7, 11) is 0. The fourth-order valence-corrected chi connectivity index (χ4v) is 3.21. The molecule has 0 saturated heterocycles. The highest BCUT2D eigenvalue weighted by molar-refractivity contribution is 14.1. The highest BCUT2D eigenvalue weighted by atomic mass is 127. The molecule has 0 aromatic heterocycles. The number of anilines is 1. The first-order chi connectivity index (χ1) is 14.4. The van der Waals surface area contributed by atoms with Gasteiger partial charge in [-0.25, -0.2) is 15.0 Å². The summed E-state index contributed by atoms with van der Waals surface area (Å²) in [5.41, 5.74) is 4.79. The van der Waals surface area contributed by atoms with Crippen LogP contribution in [0.25, 0.3) is 0 Å². The van der Waals surface area contributed by atoms with Crippen molar-refractivity contribution in [3.05, 3.63) is 51.1 Å². The molecule has 2 aromatic rings. The Bertz CT molecular complexity index is 918. The standard InChI is InChI=1S/C21H24IN3O5/c1-4-28-18-11-15(10-16(22)20(18)30-13-19(26)29-5-2)12-23-25-21(27)24-17-9-7-6-8-14(17)3/h6-12H,4-5,13H2,1-3H3,(H2,24,25,27). The van der Waals surface area contributed by atoms with Crippen molar-refractivity contribution in [2.45, 2.75) is 20.8 Å². The number of hydrogen-bond donors (Lipinski definition) is 2. The molecule has 0 unspecified atom stereocenters. The van der Waals surface area contributed by atoms with Crippen LogP contribution in [0.15, 0.2) is 41.5 Å². The maximum atomic E-state index is 12.0. The quantitative estimate of drug-likeness (QED) is 0.223. The molecule has 0 atom stereocenters. The van der Waals surface area contributed by atoms with Gasteiger partial charge in [0.2, 0.25) is 0 Å². The van der Waals surface area contributed by atoms with E-state index in [0.29, 0.717) is 29.4 Å². The van der Waals surface area contributed by atoms with Gasteiger partial charge in [0.05, 0.1) is 23.0 Å². The number of carbonyl (C=O) groups is 2. The van der Waals surface area contributed by atoms with Crippen LogP contribution in [0.5, 0.6) is 11.5 Å². The zero-order valence-electron chi connectivity index (χ0n) is 17.0. The van der Waals surface area contributed by atoms with Gasteiger partial charge in [-0.3, -0.25) is 0 Å². The lowest BCUT2D eigenvalue weighted by atomic mass is 10.2. The summed E-state index contributed by atoms with van der Waals surface area (Å²) in [4.78, 5) is 23.6. The smallest absolute Gasteiger partial charge is 0.344 e. The zero-order chi connectivity index (χ0) is 21.9. The average molecular weight is 525 g/mol. The van der Waals surface area contributed by atoms with Gasteiger partial charge < -0.3 is 19.5 Å². The molecule has 0 bridgehead atoms. The third-order valence-electron chi connectivity index (χ3n) is 3.74. The number of urea groups is 1. The molecule has 30 heavy (non-hydrogen) atoms. The van der Waals surface area contributed by atoms with E-state index in [1.807, 2.05) is 38.1 Å². The van der Waals surface area contributed by atoms with E-state index in [9.17, 15) is 9.59 Å². The fourth-order valence-electron chi connectivity index (χ4n) is 2.43. The molecule has 0 saturated carbocycles. The second kappa shape index (κ2) is 12.0. The number of benzene rings is 2. The van der Waals surface area contributed by atoms with Crippen molar-refractivity contribution in [2.24, 2.45) is 5.10 Å². The molecule has 2 N–H and O–H groups in total. The summed E-state index contributed by atoms with van der Waals surface area (Å²) in [6, 6.07) is 10.5. The largest absolute Gasteiger partial charge is 0.490 e. The minimum absolute atomic E-state index is 0.210. The number of hydrogen-bond acceptors (Lipinski definition) is 6. The molecule has 0 radical (unpaired) electrons. The molecule has 160 valence electrons. The van der Waals surface area contributed by atoms with Crippen molar-refractivity contribution in [3.63, 3.8) is 0 Å². The monoisotopic (exact) mass is 525 g/mol. The normalized spacial score (nSPS) is 10.5. The third-order valence-corrected chi connectivity index (χ3v) is 4.55. The van der Waals surface area contributed by atoms with E-state index in [-0.39, 0.29) is 13.2 Å². The predicted octanol–water partition coefficient (Wildman–Crippen LogP) is 4.10. The van der Waals surface area contributed by atoms with Gasteiger partial charge >= 0.3 is 12.0 Å². The molecule has 2 amide bonds. The van der Waals surface area contributed by atoms with Crippen LogP contribution in [0.2, 0.25) is 0 Å². The molecule has 8 nitrogen and oxygen atoms in total. The van der Waals surface area contributed by atoms with Gasteiger partial charge in [0.1, 0.15) is 0 Å². The molecule has 0 aliphatic carbocycles. The van der Waals surface area contributed by atoms with Crippen LogP contribution in [0.3, 0.4) is 0 Å². The van der Waals surface area contributed by atoms with E-state index in [2.05, 4.69) is 38.4 Å². The number of esters is 1. The fraction of sp³-hybridized carbons (Fsp3) is 0.286. The van der Waals surface area contributed by atoms with Crippen LogP contribution in [-0.2, 0) is 9.53 Å². The Kier molecular flexibility index (Phi) is 9.39. The average Bonchev–Trinajstić information content (AvgIpc) is 2.69. The summed E-state index contributed by atoms with van der Waals surface area (Å²) in [6.07, 6.45) is 1.50. The summed E-state index contributed by atoms with van der Waals surface area (Å²) in [5, 5.41) is 6.71. The van der Waals surface area contributed by atoms with Crippen LogP contribution >= 0.6 is 22.6 Å². The van der Waals surface area contributed by atoms with Gasteiger partial charge in [0, 0.05) is 5.69 Å². The molecular weight excluding hydrogens is 501 g/mol. The predicted molar refractivity (Wildman–Crippen MR) is 123 cm³/mol. The Morgan fingerprint density at radius 2 is 1.90 bits per heavy atom. The van der Waals surface area contributed by atoms with Gasteiger partial charge in [0.25, 0.3) is 0 Å². The second-order valence-electron chi connectivity index (χ2n) is 6.00. The molecule has 0 aliphatic heterocycles. The van der Waals surface area contributed by atoms with Crippen LogP contribution in [-0.4, -0.2) is 38.0 Å². The van der Waals surface area contributed by atoms with Gasteiger partial charge in [-0.1, -0.05) is 18.2 Å². The van der Waals surface area contributed by atoms with Crippen molar-refractivity contribution >= 4 is 46.5 Å². The Balaban J connectivity index is 2.05. The molecule has 0 fully saturated rings. The van der Waals surface area contributed by atoms with Gasteiger partial charge in [-0.2, -0.15) is 5.10 Å². The van der Waals surface area contributed by atoms with Crippen LogP contribution < -0.4 is 20.2 Å². The number of para-hydroxylation sites is 1. The van der Waals surface area contributed by atoms with Crippen molar-refractivity contribution in [3.8, 4) is 11.5 Å². The Hall–Kier alpha value is -2.82. The van der Waals surface area contributed by atoms with E-state index in [0.717, 1.165) is 9.13 Å². The minimum atomic E-state index is -0.453. The Labute approximate surface area is 189 Å². The second-order valence-corrected chi connectivity index (χ2v) is 7.16. The molecule has 9 heteroatoms. The van der Waals surface area contributed by atoms with E-state index < -0.39 is 12.0 Å². The summed E-state index contributed by atoms with van der Waals surface area (Å²) in [5.74, 6) is 0.470. The number of halogens is 1. The first kappa shape index (κ1) is 23.5. The minimum Gasteiger partial charge on any atom is -0.490 e. The molecule has 0 heterocycles. The summed E-state index contributed by atoms with van der Waals surface area (Å²) < 4.78 is 16.8. The lowest BCUT2D eigenvalue weighted by Crippen LogP contribution is -2.24. The number of hydrazone groups is 1. The van der Waals surface area contributed by atoms with E-state index >= 15 is 0 Å². The van der Waals surface area contributed by atoms with Crippen molar-refractivity contribution < 1.29 is 23.8 Å². The van der Waals surface area contributed by atoms with Gasteiger partial charge in [0.15, 0.2) is 18.1 Å². The maximum absolute atomic E-state index is 12.0. The van der Waals surface area contributed by atoms with Crippen LogP contribution in [0.4, 0.5) is 10.5 Å². The zero-order valence-corrected chi connectivity index (χ0v) is 19.2. The summed E-state index contributed by atoms with van der Waals surface area (Å²) in [6.45, 7) is 5.98. The third kappa shape index (κ3) is 7.21. The maximum Gasteiger partial charge on any atom is 0.344 e. The van der Waals surface area contributed by atoms with E-state index in [1.54, 1.807) is 19.1 Å². The van der Waals surface area contributed by atoms with Gasteiger partial charge in [-0.15, -0.1) is 0 Å². The Morgan fingerprint density at radius 3 is 2.60 bits per heavy atom.